The second-order valence-corrected chi connectivity index (χ2v) is 27.2. The van der Waals surface area contributed by atoms with Gasteiger partial charge in [0.2, 0.25) is 0 Å². The van der Waals surface area contributed by atoms with Gasteiger partial charge in [0, 0.05) is 18.6 Å². The van der Waals surface area contributed by atoms with Crippen molar-refractivity contribution >= 4 is 16.6 Å². The summed E-state index contributed by atoms with van der Waals surface area (Å²) < 4.78 is 14.0. The van der Waals surface area contributed by atoms with Crippen LogP contribution in [0.3, 0.4) is 0 Å². The lowest BCUT2D eigenvalue weighted by atomic mass is 9.48. The van der Waals surface area contributed by atoms with Gasteiger partial charge in [0.1, 0.15) is 5.60 Å². The first-order valence-corrected chi connectivity index (χ1v) is 21.8. The first-order chi connectivity index (χ1) is 17.5. The molecule has 0 saturated heterocycles. The molecule has 0 radical (unpaired) electrons. The molecular weight excluding hydrogens is 513 g/mol. The van der Waals surface area contributed by atoms with E-state index in [1.165, 1.54) is 19.3 Å². The minimum absolute atomic E-state index is 0.180. The third-order valence-corrected chi connectivity index (χ3v) is 22.4. The van der Waals surface area contributed by atoms with Crippen LogP contribution in [0.4, 0.5) is 0 Å². The molecule has 39 heavy (non-hydrogen) atoms. The SMILES string of the molecule is C#C[C@]1(O)CCC2[C@H](CO[Si](C)(C)C(C)(C)C)C([C@@]3(C)CC[C@H](C)C[C@@H]3CO[Si](C)(C)C(C)(C)C)CC[C@@]21C. The smallest absolute Gasteiger partial charge is 0.191 e. The van der Waals surface area contributed by atoms with Gasteiger partial charge >= 0.3 is 0 Å². The molecule has 3 aliphatic rings. The zero-order valence-electron chi connectivity index (χ0n) is 28.1. The lowest BCUT2D eigenvalue weighted by Gasteiger charge is -2.58. The highest BCUT2D eigenvalue weighted by atomic mass is 28.4. The Morgan fingerprint density at radius 2 is 1.33 bits per heavy atom. The van der Waals surface area contributed by atoms with Gasteiger partial charge < -0.3 is 14.0 Å². The van der Waals surface area contributed by atoms with Crippen LogP contribution in [0.25, 0.3) is 0 Å². The molecule has 226 valence electrons. The summed E-state index contributed by atoms with van der Waals surface area (Å²) in [5.41, 5.74) is -1.01. The van der Waals surface area contributed by atoms with Crippen LogP contribution in [0.2, 0.25) is 36.3 Å². The molecule has 3 saturated carbocycles. The maximum Gasteiger partial charge on any atom is 0.191 e. The van der Waals surface area contributed by atoms with Crippen molar-refractivity contribution in [2.45, 2.75) is 149 Å². The predicted octanol–water partition coefficient (Wildman–Crippen LogP) is 9.28. The van der Waals surface area contributed by atoms with Gasteiger partial charge in [0.25, 0.3) is 0 Å². The van der Waals surface area contributed by atoms with Crippen LogP contribution in [-0.4, -0.2) is 40.6 Å². The molecule has 0 aromatic rings. The lowest BCUT2D eigenvalue weighted by molar-refractivity contribution is -0.127. The molecule has 0 amide bonds. The van der Waals surface area contributed by atoms with Gasteiger partial charge in [-0.05, 0) is 110 Å². The summed E-state index contributed by atoms with van der Waals surface area (Å²) in [5, 5.41) is 12.0. The van der Waals surface area contributed by atoms with E-state index in [0.717, 1.165) is 44.8 Å². The van der Waals surface area contributed by atoms with Crippen LogP contribution in [0.1, 0.15) is 107 Å². The maximum absolute atomic E-state index is 11.6. The van der Waals surface area contributed by atoms with Crippen LogP contribution in [-0.2, 0) is 8.85 Å². The molecule has 3 aliphatic carbocycles. The van der Waals surface area contributed by atoms with E-state index in [0.29, 0.717) is 23.7 Å². The molecule has 0 aliphatic heterocycles. The molecule has 2 unspecified atom stereocenters. The average Bonchev–Trinajstić information content (AvgIpc) is 3.08. The Kier molecular flexibility index (Phi) is 9.29. The van der Waals surface area contributed by atoms with Crippen molar-refractivity contribution in [2.75, 3.05) is 13.2 Å². The fourth-order valence-electron chi connectivity index (χ4n) is 8.02. The molecule has 0 heterocycles. The normalized spacial score (nSPS) is 40.3. The molecule has 8 atom stereocenters. The first-order valence-electron chi connectivity index (χ1n) is 16.0. The first kappa shape index (κ1) is 33.4. The minimum Gasteiger partial charge on any atom is -0.417 e. The predicted molar refractivity (Wildman–Crippen MR) is 172 cm³/mol. The Morgan fingerprint density at radius 1 is 0.821 bits per heavy atom. The largest absolute Gasteiger partial charge is 0.417 e. The topological polar surface area (TPSA) is 38.7 Å². The van der Waals surface area contributed by atoms with Gasteiger partial charge in [-0.3, -0.25) is 0 Å². The Labute approximate surface area is 245 Å². The van der Waals surface area contributed by atoms with Crippen molar-refractivity contribution in [3.8, 4) is 12.3 Å². The summed E-state index contributed by atoms with van der Waals surface area (Å²) in [6, 6.07) is 0. The molecule has 3 nitrogen and oxygen atoms in total. The van der Waals surface area contributed by atoms with E-state index in [1.54, 1.807) is 0 Å². The summed E-state index contributed by atoms with van der Waals surface area (Å²) in [6.45, 7) is 32.7. The molecule has 0 spiro atoms. The van der Waals surface area contributed by atoms with Gasteiger partial charge in [0.15, 0.2) is 16.6 Å². The highest BCUT2D eigenvalue weighted by Crippen LogP contribution is 2.65. The van der Waals surface area contributed by atoms with Crippen molar-refractivity contribution < 1.29 is 14.0 Å². The number of rotatable bonds is 7. The summed E-state index contributed by atoms with van der Waals surface area (Å²) >= 11 is 0. The van der Waals surface area contributed by atoms with Gasteiger partial charge in [-0.15, -0.1) is 6.42 Å². The zero-order chi connectivity index (χ0) is 29.9. The summed E-state index contributed by atoms with van der Waals surface area (Å²) in [6.07, 6.45) is 13.7. The van der Waals surface area contributed by atoms with Crippen molar-refractivity contribution in [1.29, 1.82) is 0 Å². The van der Waals surface area contributed by atoms with Gasteiger partial charge in [0.05, 0.1) is 0 Å². The Balaban J connectivity index is 1.98. The fourth-order valence-corrected chi connectivity index (χ4v) is 10.1. The summed E-state index contributed by atoms with van der Waals surface area (Å²) in [7, 11) is -3.75. The third kappa shape index (κ3) is 6.03. The van der Waals surface area contributed by atoms with Gasteiger partial charge in [-0.2, -0.15) is 0 Å². The molecular formula is C34H64O3Si2. The minimum atomic E-state index is -1.92. The zero-order valence-corrected chi connectivity index (χ0v) is 30.1. The van der Waals surface area contributed by atoms with E-state index in [2.05, 4.69) is 94.4 Å². The van der Waals surface area contributed by atoms with Crippen molar-refractivity contribution in [2.24, 2.45) is 40.4 Å². The van der Waals surface area contributed by atoms with Crippen LogP contribution in [0, 0.1) is 52.8 Å². The van der Waals surface area contributed by atoms with E-state index in [9.17, 15) is 5.11 Å². The lowest BCUT2D eigenvalue weighted by Crippen LogP contribution is -2.56. The van der Waals surface area contributed by atoms with E-state index >= 15 is 0 Å². The van der Waals surface area contributed by atoms with Crippen LogP contribution >= 0.6 is 0 Å². The van der Waals surface area contributed by atoms with E-state index < -0.39 is 22.2 Å². The highest BCUT2D eigenvalue weighted by Gasteiger charge is 2.63. The molecule has 3 rings (SSSR count). The van der Waals surface area contributed by atoms with E-state index in [4.69, 9.17) is 15.3 Å². The van der Waals surface area contributed by atoms with E-state index in [-0.39, 0.29) is 20.9 Å². The summed E-state index contributed by atoms with van der Waals surface area (Å²) in [5.74, 6) is 5.59. The maximum atomic E-state index is 11.6. The second-order valence-electron chi connectivity index (χ2n) is 17.6. The molecule has 0 aromatic carbocycles. The molecule has 0 aromatic heterocycles. The second kappa shape index (κ2) is 10.9. The van der Waals surface area contributed by atoms with E-state index in [1.807, 2.05) is 0 Å². The monoisotopic (exact) mass is 576 g/mol. The van der Waals surface area contributed by atoms with Crippen LogP contribution < -0.4 is 0 Å². The average molecular weight is 577 g/mol. The van der Waals surface area contributed by atoms with Gasteiger partial charge in [-0.1, -0.05) is 74.7 Å². The standard InChI is InChI=1S/C34H64O3Si2/c1-15-34(35)21-18-29-27(24-37-39(13,14)31(6,7)8)28(17-20-33(29,34)10)32(9)19-16-25(2)22-26(32)23-36-38(11,12)30(3,4)5/h1,25-29,35H,16-24H2,2-14H3/t25-,26+,27+,28?,29?,32-,33-,34-/m0/s1. The van der Waals surface area contributed by atoms with Crippen molar-refractivity contribution in [1.82, 2.24) is 0 Å². The number of aliphatic hydroxyl groups is 1. The quantitative estimate of drug-likeness (QED) is 0.242. The highest BCUT2D eigenvalue weighted by molar-refractivity contribution is 6.74. The number of hydrogen-bond acceptors (Lipinski definition) is 3. The van der Waals surface area contributed by atoms with Crippen molar-refractivity contribution in [3.63, 3.8) is 0 Å². The van der Waals surface area contributed by atoms with Gasteiger partial charge in [-0.25, -0.2) is 0 Å². The third-order valence-electron chi connectivity index (χ3n) is 13.4. The van der Waals surface area contributed by atoms with Crippen LogP contribution in [0.15, 0.2) is 0 Å². The number of terminal acetylenes is 1. The fraction of sp³-hybridized carbons (Fsp3) is 0.941. The Hall–Kier alpha value is -0.126. The molecule has 0 bridgehead atoms. The summed E-state index contributed by atoms with van der Waals surface area (Å²) in [4.78, 5) is 0. The Morgan fingerprint density at radius 3 is 1.85 bits per heavy atom. The Bertz CT molecular complexity index is 909. The number of fused-ring (bicyclic) bond motifs is 1. The molecule has 3 fully saturated rings. The number of hydrogen-bond donors (Lipinski definition) is 1. The molecule has 5 heteroatoms. The molecule has 1 N–H and O–H groups in total. The van der Waals surface area contributed by atoms with Crippen LogP contribution in [0.5, 0.6) is 0 Å². The van der Waals surface area contributed by atoms with Crippen molar-refractivity contribution in [3.05, 3.63) is 0 Å².